The number of nitrogens with zero attached hydrogens (tertiary/aromatic N) is 1. The van der Waals surface area contributed by atoms with E-state index >= 15 is 0 Å². The molecule has 9 heteroatoms. The van der Waals surface area contributed by atoms with E-state index < -0.39 is 10.0 Å². The lowest BCUT2D eigenvalue weighted by Gasteiger charge is -2.07. The van der Waals surface area contributed by atoms with Crippen molar-refractivity contribution in [2.75, 3.05) is 4.72 Å². The molecular weight excluding hydrogens is 383 g/mol. The Bertz CT molecular complexity index is 688. The Balaban J connectivity index is 2.36. The molecule has 18 heavy (non-hydrogen) atoms. The third-order valence-electron chi connectivity index (χ3n) is 1.86. The first-order valence-corrected chi connectivity index (χ1v) is 8.32. The maximum Gasteiger partial charge on any atom is 0.271 e. The highest BCUT2D eigenvalue weighted by molar-refractivity contribution is 9.10. The molecule has 0 unspecified atom stereocenters. The first-order valence-electron chi connectivity index (χ1n) is 4.48. The minimum Gasteiger partial charge on any atom is -0.276 e. The zero-order valence-electron chi connectivity index (χ0n) is 8.52. The van der Waals surface area contributed by atoms with Crippen LogP contribution in [0.15, 0.2) is 33.2 Å². The number of pyridine rings is 1. The predicted octanol–water partition coefficient (Wildman–Crippen LogP) is 4.01. The standard InChI is InChI=1S/C9H5BrCl2N2O2S2/c10-9-6(3-5(11)4-13-9)14-18(15,16)8-2-1-7(12)17-8/h1-4,14H. The molecule has 2 rings (SSSR count). The predicted molar refractivity (Wildman–Crippen MR) is 77.1 cm³/mol. The number of aromatic nitrogens is 1. The second kappa shape index (κ2) is 5.34. The van der Waals surface area contributed by atoms with E-state index in [0.717, 1.165) is 11.3 Å². The van der Waals surface area contributed by atoms with Gasteiger partial charge in [0.1, 0.15) is 8.81 Å². The maximum absolute atomic E-state index is 12.0. The Hall–Kier alpha value is -0.340. The zero-order chi connectivity index (χ0) is 13.3. The van der Waals surface area contributed by atoms with Crippen molar-refractivity contribution in [2.45, 2.75) is 4.21 Å². The minimum atomic E-state index is -3.68. The smallest absolute Gasteiger partial charge is 0.271 e. The topological polar surface area (TPSA) is 59.1 Å². The summed E-state index contributed by atoms with van der Waals surface area (Å²) in [6, 6.07) is 4.42. The van der Waals surface area contributed by atoms with E-state index in [0.29, 0.717) is 14.0 Å². The molecule has 0 aliphatic carbocycles. The fourth-order valence-corrected chi connectivity index (χ4v) is 4.28. The highest BCUT2D eigenvalue weighted by Crippen LogP contribution is 2.30. The van der Waals surface area contributed by atoms with Gasteiger partial charge in [-0.3, -0.25) is 4.72 Å². The number of halogens is 3. The van der Waals surface area contributed by atoms with Crippen molar-refractivity contribution >= 4 is 66.2 Å². The summed E-state index contributed by atoms with van der Waals surface area (Å²) in [5, 5.41) is 0.333. The molecule has 0 aliphatic rings. The zero-order valence-corrected chi connectivity index (χ0v) is 13.3. The Labute approximate surface area is 126 Å². The lowest BCUT2D eigenvalue weighted by atomic mass is 10.4. The summed E-state index contributed by atoms with van der Waals surface area (Å²) in [7, 11) is -3.68. The van der Waals surface area contributed by atoms with Gasteiger partial charge >= 0.3 is 0 Å². The highest BCUT2D eigenvalue weighted by Gasteiger charge is 2.18. The van der Waals surface area contributed by atoms with Gasteiger partial charge in [-0.2, -0.15) is 0 Å². The van der Waals surface area contributed by atoms with Gasteiger partial charge in [0.05, 0.1) is 15.0 Å². The largest absolute Gasteiger partial charge is 0.276 e. The van der Waals surface area contributed by atoms with Crippen LogP contribution in [0, 0.1) is 0 Å². The van der Waals surface area contributed by atoms with E-state index in [1.165, 1.54) is 24.4 Å². The molecule has 4 nitrogen and oxygen atoms in total. The third-order valence-corrected chi connectivity index (χ3v) is 5.79. The van der Waals surface area contributed by atoms with Gasteiger partial charge in [-0.15, -0.1) is 11.3 Å². The van der Waals surface area contributed by atoms with Crippen LogP contribution >= 0.6 is 50.5 Å². The normalized spacial score (nSPS) is 11.5. The minimum absolute atomic E-state index is 0.124. The summed E-state index contributed by atoms with van der Waals surface area (Å²) < 4.78 is 27.3. The van der Waals surface area contributed by atoms with Crippen LogP contribution < -0.4 is 4.72 Å². The summed E-state index contributed by atoms with van der Waals surface area (Å²) in [6.07, 6.45) is 1.41. The van der Waals surface area contributed by atoms with Crippen LogP contribution in [0.2, 0.25) is 9.36 Å². The van der Waals surface area contributed by atoms with E-state index in [1.807, 2.05) is 0 Å². The van der Waals surface area contributed by atoms with Crippen LogP contribution in [0.5, 0.6) is 0 Å². The van der Waals surface area contributed by atoms with E-state index in [1.54, 1.807) is 0 Å². The lowest BCUT2D eigenvalue weighted by molar-refractivity contribution is 0.603. The number of hydrogen-bond acceptors (Lipinski definition) is 4. The van der Waals surface area contributed by atoms with Gasteiger partial charge in [-0.25, -0.2) is 13.4 Å². The molecule has 2 aromatic rings. The third kappa shape index (κ3) is 3.16. The van der Waals surface area contributed by atoms with Crippen LogP contribution in [-0.2, 0) is 10.0 Å². The van der Waals surface area contributed by atoms with Crippen LogP contribution in [0.3, 0.4) is 0 Å². The van der Waals surface area contributed by atoms with Gasteiger partial charge in [-0.05, 0) is 34.1 Å². The van der Waals surface area contributed by atoms with E-state index in [9.17, 15) is 8.42 Å². The van der Waals surface area contributed by atoms with E-state index in [-0.39, 0.29) is 9.90 Å². The Morgan fingerprint density at radius 1 is 1.33 bits per heavy atom. The fraction of sp³-hybridized carbons (Fsp3) is 0. The molecular formula is C9H5BrCl2N2O2S2. The van der Waals surface area contributed by atoms with Crippen LogP contribution in [0.1, 0.15) is 0 Å². The molecule has 1 N–H and O–H groups in total. The molecule has 96 valence electrons. The monoisotopic (exact) mass is 386 g/mol. The van der Waals surface area contributed by atoms with Crippen LogP contribution in [0.25, 0.3) is 0 Å². The van der Waals surface area contributed by atoms with Crippen molar-refractivity contribution in [3.8, 4) is 0 Å². The molecule has 0 atom stereocenters. The van der Waals surface area contributed by atoms with E-state index in [4.69, 9.17) is 23.2 Å². The fourth-order valence-electron chi connectivity index (χ4n) is 1.13. The summed E-state index contributed by atoms with van der Waals surface area (Å²) >= 11 is 15.6. The Morgan fingerprint density at radius 2 is 2.06 bits per heavy atom. The Morgan fingerprint density at radius 3 is 2.67 bits per heavy atom. The van der Waals surface area contributed by atoms with Gasteiger partial charge in [0.2, 0.25) is 0 Å². The molecule has 0 saturated carbocycles. The molecule has 0 aromatic carbocycles. The second-order valence-electron chi connectivity index (χ2n) is 3.16. The first-order chi connectivity index (χ1) is 8.38. The number of rotatable bonds is 3. The van der Waals surface area contributed by atoms with Crippen molar-refractivity contribution in [3.63, 3.8) is 0 Å². The number of nitrogens with one attached hydrogen (secondary N) is 1. The quantitative estimate of drug-likeness (QED) is 0.809. The molecule has 0 aliphatic heterocycles. The van der Waals surface area contributed by atoms with Gasteiger partial charge in [0.15, 0.2) is 0 Å². The number of sulfonamides is 1. The van der Waals surface area contributed by atoms with Crippen LogP contribution in [0.4, 0.5) is 5.69 Å². The summed E-state index contributed by atoms with van der Waals surface area (Å²) in [6.45, 7) is 0. The van der Waals surface area contributed by atoms with Gasteiger partial charge in [-0.1, -0.05) is 23.2 Å². The molecule has 0 radical (unpaired) electrons. The molecule has 0 fully saturated rings. The molecule has 0 spiro atoms. The van der Waals surface area contributed by atoms with Crippen molar-refractivity contribution < 1.29 is 8.42 Å². The highest BCUT2D eigenvalue weighted by atomic mass is 79.9. The lowest BCUT2D eigenvalue weighted by Crippen LogP contribution is -2.12. The van der Waals surface area contributed by atoms with Gasteiger partial charge in [0.25, 0.3) is 10.0 Å². The van der Waals surface area contributed by atoms with Crippen molar-refractivity contribution in [1.82, 2.24) is 4.98 Å². The average Bonchev–Trinajstić information content (AvgIpc) is 2.71. The molecule has 2 aromatic heterocycles. The summed E-state index contributed by atoms with van der Waals surface area (Å²) in [4.78, 5) is 3.90. The number of anilines is 1. The molecule has 2 heterocycles. The van der Waals surface area contributed by atoms with Crippen LogP contribution in [-0.4, -0.2) is 13.4 Å². The van der Waals surface area contributed by atoms with Gasteiger partial charge in [0, 0.05) is 6.20 Å². The SMILES string of the molecule is O=S(=O)(Nc1cc(Cl)cnc1Br)c1ccc(Cl)s1. The number of hydrogen-bond donors (Lipinski definition) is 1. The maximum atomic E-state index is 12.0. The second-order valence-corrected chi connectivity index (χ2v) is 7.97. The summed E-state index contributed by atoms with van der Waals surface area (Å²) in [5.41, 5.74) is 0.270. The number of thiophene rings is 1. The average molecular weight is 388 g/mol. The van der Waals surface area contributed by atoms with Crippen molar-refractivity contribution in [2.24, 2.45) is 0 Å². The van der Waals surface area contributed by atoms with E-state index in [2.05, 4.69) is 25.6 Å². The Kier molecular flexibility index (Phi) is 4.18. The van der Waals surface area contributed by atoms with Crippen molar-refractivity contribution in [3.05, 3.63) is 38.4 Å². The molecule has 0 amide bonds. The van der Waals surface area contributed by atoms with Crippen molar-refractivity contribution in [1.29, 1.82) is 0 Å². The van der Waals surface area contributed by atoms with Gasteiger partial charge < -0.3 is 0 Å². The first kappa shape index (κ1) is 14.1. The molecule has 0 bridgehead atoms. The summed E-state index contributed by atoms with van der Waals surface area (Å²) in [5.74, 6) is 0. The molecule has 0 saturated heterocycles.